The quantitative estimate of drug-likeness (QED) is 0.787. The first-order valence-electron chi connectivity index (χ1n) is 7.31. The molecule has 18 heavy (non-hydrogen) atoms. The van der Waals surface area contributed by atoms with Crippen molar-refractivity contribution in [1.29, 1.82) is 0 Å². The SMILES string of the molecule is O=C(O)[C@@H]1CCCN1CC(O)CC1CCCCC1. The van der Waals surface area contributed by atoms with Gasteiger partial charge in [0.15, 0.2) is 0 Å². The third kappa shape index (κ3) is 3.69. The predicted octanol–water partition coefficient (Wildman–Crippen LogP) is 1.87. The molecule has 1 aliphatic carbocycles. The van der Waals surface area contributed by atoms with Crippen molar-refractivity contribution >= 4 is 5.97 Å². The Bertz CT molecular complexity index is 276. The number of likely N-dealkylation sites (tertiary alicyclic amines) is 1. The maximum absolute atomic E-state index is 11.1. The lowest BCUT2D eigenvalue weighted by molar-refractivity contribution is -0.142. The number of hydrogen-bond acceptors (Lipinski definition) is 3. The topological polar surface area (TPSA) is 60.8 Å². The second-order valence-electron chi connectivity index (χ2n) is 5.88. The molecule has 1 saturated carbocycles. The van der Waals surface area contributed by atoms with Crippen molar-refractivity contribution in [2.24, 2.45) is 5.92 Å². The number of carbonyl (C=O) groups is 1. The molecule has 104 valence electrons. The lowest BCUT2D eigenvalue weighted by Crippen LogP contribution is -2.41. The highest BCUT2D eigenvalue weighted by molar-refractivity contribution is 5.73. The number of rotatable bonds is 5. The van der Waals surface area contributed by atoms with Gasteiger partial charge < -0.3 is 10.2 Å². The van der Waals surface area contributed by atoms with E-state index in [1.54, 1.807) is 0 Å². The van der Waals surface area contributed by atoms with E-state index in [-0.39, 0.29) is 12.1 Å². The second kappa shape index (κ2) is 6.53. The molecule has 2 atom stereocenters. The van der Waals surface area contributed by atoms with Gasteiger partial charge >= 0.3 is 5.97 Å². The Morgan fingerprint density at radius 2 is 1.89 bits per heavy atom. The first-order valence-corrected chi connectivity index (χ1v) is 7.31. The van der Waals surface area contributed by atoms with Crippen molar-refractivity contribution in [3.8, 4) is 0 Å². The van der Waals surface area contributed by atoms with Crippen LogP contribution in [0.3, 0.4) is 0 Å². The van der Waals surface area contributed by atoms with Gasteiger partial charge in [-0.15, -0.1) is 0 Å². The zero-order valence-electron chi connectivity index (χ0n) is 11.1. The second-order valence-corrected chi connectivity index (χ2v) is 5.88. The van der Waals surface area contributed by atoms with Gasteiger partial charge in [-0.25, -0.2) is 0 Å². The van der Waals surface area contributed by atoms with Crippen LogP contribution in [0.15, 0.2) is 0 Å². The Labute approximate surface area is 109 Å². The summed E-state index contributed by atoms with van der Waals surface area (Å²) in [5.41, 5.74) is 0. The van der Waals surface area contributed by atoms with E-state index in [0.29, 0.717) is 12.5 Å². The number of aliphatic hydroxyl groups is 1. The van der Waals surface area contributed by atoms with Gasteiger partial charge in [0, 0.05) is 6.54 Å². The minimum Gasteiger partial charge on any atom is -0.480 e. The normalized spacial score (nSPS) is 28.4. The molecule has 0 aromatic heterocycles. The summed E-state index contributed by atoms with van der Waals surface area (Å²) < 4.78 is 0. The molecule has 1 heterocycles. The number of hydrogen-bond donors (Lipinski definition) is 2. The summed E-state index contributed by atoms with van der Waals surface area (Å²) in [7, 11) is 0. The van der Waals surface area contributed by atoms with E-state index in [1.165, 1.54) is 32.1 Å². The third-order valence-electron chi connectivity index (χ3n) is 4.42. The van der Waals surface area contributed by atoms with Gasteiger partial charge in [-0.2, -0.15) is 0 Å². The largest absolute Gasteiger partial charge is 0.480 e. The maximum atomic E-state index is 11.1. The summed E-state index contributed by atoms with van der Waals surface area (Å²) in [6.45, 7) is 1.35. The van der Waals surface area contributed by atoms with Crippen LogP contribution in [0.2, 0.25) is 0 Å². The van der Waals surface area contributed by atoms with Crippen molar-refractivity contribution < 1.29 is 15.0 Å². The highest BCUT2D eigenvalue weighted by atomic mass is 16.4. The monoisotopic (exact) mass is 255 g/mol. The van der Waals surface area contributed by atoms with Gasteiger partial charge in [0.05, 0.1) is 6.10 Å². The molecule has 2 N–H and O–H groups in total. The Morgan fingerprint density at radius 1 is 1.17 bits per heavy atom. The number of nitrogens with zero attached hydrogens (tertiary/aromatic N) is 1. The van der Waals surface area contributed by atoms with Crippen LogP contribution in [0.4, 0.5) is 0 Å². The summed E-state index contributed by atoms with van der Waals surface area (Å²) in [5.74, 6) is -0.0861. The number of carboxylic acid groups (broad SMARTS) is 1. The number of β-amino-alcohol motifs (C(OH)–C–C–N with tert-alkyl or cyclic N) is 1. The van der Waals surface area contributed by atoms with E-state index in [1.807, 2.05) is 4.90 Å². The molecule has 1 aliphatic heterocycles. The number of aliphatic hydroxyl groups excluding tert-OH is 1. The molecule has 0 aromatic carbocycles. The van der Waals surface area contributed by atoms with E-state index < -0.39 is 5.97 Å². The van der Waals surface area contributed by atoms with Crippen molar-refractivity contribution in [2.75, 3.05) is 13.1 Å². The smallest absolute Gasteiger partial charge is 0.320 e. The minimum absolute atomic E-state index is 0.354. The first-order chi connectivity index (χ1) is 8.66. The van der Waals surface area contributed by atoms with E-state index in [0.717, 1.165) is 25.8 Å². The van der Waals surface area contributed by atoms with Gasteiger partial charge in [0.1, 0.15) is 6.04 Å². The summed E-state index contributed by atoms with van der Waals surface area (Å²) in [6, 6.07) is -0.369. The van der Waals surface area contributed by atoms with Crippen molar-refractivity contribution in [2.45, 2.75) is 63.5 Å². The molecule has 1 unspecified atom stereocenters. The van der Waals surface area contributed by atoms with Crippen LogP contribution in [0, 0.1) is 5.92 Å². The molecular weight excluding hydrogens is 230 g/mol. The van der Waals surface area contributed by atoms with Crippen LogP contribution in [-0.2, 0) is 4.79 Å². The fourth-order valence-corrected chi connectivity index (χ4v) is 3.48. The molecule has 2 aliphatic rings. The van der Waals surface area contributed by atoms with Gasteiger partial charge in [0.25, 0.3) is 0 Å². The van der Waals surface area contributed by atoms with Crippen LogP contribution in [0.5, 0.6) is 0 Å². The van der Waals surface area contributed by atoms with Crippen LogP contribution in [0.25, 0.3) is 0 Å². The Balaban J connectivity index is 1.75. The molecule has 2 rings (SSSR count). The molecule has 0 bridgehead atoms. The van der Waals surface area contributed by atoms with Gasteiger partial charge in [-0.05, 0) is 31.7 Å². The fraction of sp³-hybridized carbons (Fsp3) is 0.929. The van der Waals surface area contributed by atoms with Crippen molar-refractivity contribution in [3.05, 3.63) is 0 Å². The fourth-order valence-electron chi connectivity index (χ4n) is 3.48. The minimum atomic E-state index is -0.739. The van der Waals surface area contributed by atoms with E-state index in [4.69, 9.17) is 5.11 Å². The van der Waals surface area contributed by atoms with Crippen LogP contribution >= 0.6 is 0 Å². The van der Waals surface area contributed by atoms with Crippen LogP contribution in [0.1, 0.15) is 51.4 Å². The molecular formula is C14H25NO3. The predicted molar refractivity (Wildman–Crippen MR) is 69.4 cm³/mol. The van der Waals surface area contributed by atoms with E-state index in [9.17, 15) is 9.90 Å². The molecule has 1 saturated heterocycles. The first kappa shape index (κ1) is 13.8. The molecule has 4 nitrogen and oxygen atoms in total. The molecule has 0 amide bonds. The molecule has 0 aromatic rings. The van der Waals surface area contributed by atoms with Gasteiger partial charge in [-0.3, -0.25) is 9.69 Å². The van der Waals surface area contributed by atoms with E-state index in [2.05, 4.69) is 0 Å². The lowest BCUT2D eigenvalue weighted by Gasteiger charge is -2.28. The molecule has 0 spiro atoms. The lowest BCUT2D eigenvalue weighted by atomic mass is 9.85. The standard InChI is InChI=1S/C14H25NO3/c16-12(9-11-5-2-1-3-6-11)10-15-8-4-7-13(15)14(17)18/h11-13,16H,1-10H2,(H,17,18)/t12?,13-/m0/s1. The molecule has 0 radical (unpaired) electrons. The summed E-state index contributed by atoms with van der Waals surface area (Å²) in [4.78, 5) is 13.0. The highest BCUT2D eigenvalue weighted by Gasteiger charge is 2.32. The highest BCUT2D eigenvalue weighted by Crippen LogP contribution is 2.28. The molecule has 2 fully saturated rings. The average molecular weight is 255 g/mol. The van der Waals surface area contributed by atoms with Gasteiger partial charge in [0.2, 0.25) is 0 Å². The van der Waals surface area contributed by atoms with Crippen LogP contribution < -0.4 is 0 Å². The summed E-state index contributed by atoms with van der Waals surface area (Å²) in [6.07, 6.45) is 8.55. The molecule has 4 heteroatoms. The number of carboxylic acids is 1. The van der Waals surface area contributed by atoms with Crippen molar-refractivity contribution in [1.82, 2.24) is 4.90 Å². The Kier molecular flexibility index (Phi) is 5.01. The zero-order valence-corrected chi connectivity index (χ0v) is 11.1. The maximum Gasteiger partial charge on any atom is 0.320 e. The zero-order chi connectivity index (χ0) is 13.0. The average Bonchev–Trinajstić information content (AvgIpc) is 2.78. The third-order valence-corrected chi connectivity index (χ3v) is 4.42. The summed E-state index contributed by atoms with van der Waals surface area (Å²) in [5, 5.41) is 19.2. The number of aliphatic carboxylic acids is 1. The Hall–Kier alpha value is -0.610. The van der Waals surface area contributed by atoms with E-state index >= 15 is 0 Å². The van der Waals surface area contributed by atoms with Gasteiger partial charge in [-0.1, -0.05) is 32.1 Å². The van der Waals surface area contributed by atoms with Crippen LogP contribution in [-0.4, -0.2) is 46.3 Å². The van der Waals surface area contributed by atoms with Crippen molar-refractivity contribution in [3.63, 3.8) is 0 Å². The Morgan fingerprint density at radius 3 is 2.56 bits per heavy atom. The summed E-state index contributed by atoms with van der Waals surface area (Å²) >= 11 is 0.